The SMILES string of the molecule is Br.Br.NC1C2CC3CC1CC(C2)C3N. The molecular weight excluding hydrogens is 308 g/mol. The molecule has 2 nitrogen and oxygen atoms in total. The Bertz CT molecular complexity index is 162. The predicted octanol–water partition coefficient (Wildman–Crippen LogP) is 1.86. The number of hydrogen-bond acceptors (Lipinski definition) is 2. The first-order chi connectivity index (χ1) is 5.75. The predicted molar refractivity (Wildman–Crippen MR) is 69.0 cm³/mol. The van der Waals surface area contributed by atoms with Crippen LogP contribution in [0.3, 0.4) is 0 Å². The van der Waals surface area contributed by atoms with E-state index in [0.29, 0.717) is 12.1 Å². The molecule has 4 rings (SSSR count). The Morgan fingerprint density at radius 2 is 0.786 bits per heavy atom. The van der Waals surface area contributed by atoms with Crippen LogP contribution in [0.25, 0.3) is 0 Å². The van der Waals surface area contributed by atoms with Gasteiger partial charge < -0.3 is 11.5 Å². The van der Waals surface area contributed by atoms with Crippen LogP contribution in [0, 0.1) is 23.7 Å². The number of rotatable bonds is 0. The van der Waals surface area contributed by atoms with Gasteiger partial charge >= 0.3 is 0 Å². The Hall–Kier alpha value is 0.880. The molecule has 4 heteroatoms. The van der Waals surface area contributed by atoms with E-state index in [0.717, 1.165) is 23.7 Å². The van der Waals surface area contributed by atoms with Crippen LogP contribution in [-0.2, 0) is 0 Å². The first-order valence-corrected chi connectivity index (χ1v) is 5.27. The van der Waals surface area contributed by atoms with Crippen LogP contribution in [0.1, 0.15) is 25.7 Å². The highest BCUT2D eigenvalue weighted by Crippen LogP contribution is 2.52. The van der Waals surface area contributed by atoms with Crippen molar-refractivity contribution >= 4 is 34.0 Å². The lowest BCUT2D eigenvalue weighted by molar-refractivity contribution is -0.0171. The molecule has 0 saturated heterocycles. The molecule has 0 atom stereocenters. The van der Waals surface area contributed by atoms with Crippen LogP contribution in [0.5, 0.6) is 0 Å². The number of hydrogen-bond donors (Lipinski definition) is 2. The van der Waals surface area contributed by atoms with Crippen LogP contribution in [0.4, 0.5) is 0 Å². The minimum Gasteiger partial charge on any atom is -0.327 e. The third-order valence-corrected chi connectivity index (χ3v) is 4.60. The summed E-state index contributed by atoms with van der Waals surface area (Å²) in [4.78, 5) is 0. The maximum atomic E-state index is 6.17. The van der Waals surface area contributed by atoms with E-state index < -0.39 is 0 Å². The standard InChI is InChI=1S/C10H18N2.2BrH/c11-9-5-1-6-3-8(9)4-7(2-5)10(6)12;;/h5-10H,1-4,11-12H2;2*1H. The van der Waals surface area contributed by atoms with Crippen LogP contribution >= 0.6 is 34.0 Å². The Morgan fingerprint density at radius 1 is 0.571 bits per heavy atom. The Labute approximate surface area is 107 Å². The summed E-state index contributed by atoms with van der Waals surface area (Å²) in [5.41, 5.74) is 12.3. The van der Waals surface area contributed by atoms with Crippen molar-refractivity contribution in [2.75, 3.05) is 0 Å². The van der Waals surface area contributed by atoms with Gasteiger partial charge in [0.1, 0.15) is 0 Å². The average Bonchev–Trinajstić information content (AvgIpc) is 2.02. The van der Waals surface area contributed by atoms with E-state index in [-0.39, 0.29) is 34.0 Å². The minimum absolute atomic E-state index is 0. The van der Waals surface area contributed by atoms with Gasteiger partial charge in [-0.2, -0.15) is 0 Å². The van der Waals surface area contributed by atoms with E-state index in [9.17, 15) is 0 Å². The highest BCUT2D eigenvalue weighted by molar-refractivity contribution is 8.93. The normalized spacial score (nSPS) is 53.6. The summed E-state index contributed by atoms with van der Waals surface area (Å²) in [5, 5.41) is 0. The topological polar surface area (TPSA) is 52.0 Å². The Kier molecular flexibility index (Phi) is 4.07. The first-order valence-electron chi connectivity index (χ1n) is 5.27. The van der Waals surface area contributed by atoms with Crippen molar-refractivity contribution in [1.82, 2.24) is 0 Å². The van der Waals surface area contributed by atoms with E-state index in [1.54, 1.807) is 0 Å². The van der Waals surface area contributed by atoms with E-state index >= 15 is 0 Å². The molecule has 0 amide bonds. The van der Waals surface area contributed by atoms with E-state index in [1.165, 1.54) is 25.7 Å². The summed E-state index contributed by atoms with van der Waals surface area (Å²) in [6.45, 7) is 0. The largest absolute Gasteiger partial charge is 0.327 e. The van der Waals surface area contributed by atoms with Gasteiger partial charge in [0.05, 0.1) is 0 Å². The van der Waals surface area contributed by atoms with Crippen molar-refractivity contribution in [3.05, 3.63) is 0 Å². The van der Waals surface area contributed by atoms with Gasteiger partial charge in [-0.05, 0) is 49.4 Å². The lowest BCUT2D eigenvalue weighted by atomic mass is 9.52. The van der Waals surface area contributed by atoms with Crippen LogP contribution < -0.4 is 11.5 Å². The lowest BCUT2D eigenvalue weighted by Crippen LogP contribution is -2.60. The summed E-state index contributed by atoms with van der Waals surface area (Å²) < 4.78 is 0. The molecule has 0 aromatic carbocycles. The number of nitrogens with two attached hydrogens (primary N) is 2. The van der Waals surface area contributed by atoms with Gasteiger partial charge in [-0.15, -0.1) is 34.0 Å². The van der Waals surface area contributed by atoms with Gasteiger partial charge in [0.25, 0.3) is 0 Å². The molecule has 0 radical (unpaired) electrons. The molecule has 0 aliphatic heterocycles. The summed E-state index contributed by atoms with van der Waals surface area (Å²) in [6, 6.07) is 1.04. The van der Waals surface area contributed by atoms with E-state index in [1.807, 2.05) is 0 Å². The minimum atomic E-state index is 0. The third kappa shape index (κ3) is 1.68. The fourth-order valence-electron chi connectivity index (χ4n) is 3.97. The van der Waals surface area contributed by atoms with Gasteiger partial charge in [0, 0.05) is 12.1 Å². The zero-order valence-electron chi connectivity index (χ0n) is 8.26. The maximum absolute atomic E-state index is 6.17. The molecule has 4 aliphatic rings. The fourth-order valence-corrected chi connectivity index (χ4v) is 3.97. The lowest BCUT2D eigenvalue weighted by Gasteiger charge is -2.56. The van der Waals surface area contributed by atoms with Crippen molar-refractivity contribution < 1.29 is 0 Å². The molecule has 0 aromatic rings. The molecule has 4 N–H and O–H groups in total. The molecule has 0 spiro atoms. The second-order valence-corrected chi connectivity index (χ2v) is 5.14. The molecule has 4 bridgehead atoms. The second-order valence-electron chi connectivity index (χ2n) is 5.14. The van der Waals surface area contributed by atoms with Crippen molar-refractivity contribution in [2.24, 2.45) is 35.1 Å². The Morgan fingerprint density at radius 3 is 1.00 bits per heavy atom. The zero-order chi connectivity index (χ0) is 8.29. The molecule has 0 heterocycles. The summed E-state index contributed by atoms with van der Waals surface area (Å²) in [6.07, 6.45) is 5.31. The smallest absolute Gasteiger partial charge is 0.00960 e. The highest BCUT2D eigenvalue weighted by atomic mass is 79.9. The summed E-state index contributed by atoms with van der Waals surface area (Å²) in [5.74, 6) is 3.30. The summed E-state index contributed by atoms with van der Waals surface area (Å²) >= 11 is 0. The monoisotopic (exact) mass is 326 g/mol. The van der Waals surface area contributed by atoms with E-state index in [4.69, 9.17) is 11.5 Å². The van der Waals surface area contributed by atoms with Gasteiger partial charge in [-0.3, -0.25) is 0 Å². The first kappa shape index (κ1) is 12.9. The van der Waals surface area contributed by atoms with Gasteiger partial charge in [-0.1, -0.05) is 0 Å². The van der Waals surface area contributed by atoms with Crippen LogP contribution in [0.15, 0.2) is 0 Å². The molecule has 84 valence electrons. The summed E-state index contributed by atoms with van der Waals surface area (Å²) in [7, 11) is 0. The molecule has 0 unspecified atom stereocenters. The van der Waals surface area contributed by atoms with Crippen molar-refractivity contribution in [3.63, 3.8) is 0 Å². The molecule has 4 saturated carbocycles. The quantitative estimate of drug-likeness (QED) is 0.713. The van der Waals surface area contributed by atoms with Gasteiger partial charge in [0.15, 0.2) is 0 Å². The second kappa shape index (κ2) is 4.40. The highest BCUT2D eigenvalue weighted by Gasteiger charge is 2.50. The van der Waals surface area contributed by atoms with E-state index in [2.05, 4.69) is 0 Å². The molecular formula is C10H20Br2N2. The maximum Gasteiger partial charge on any atom is 0.00960 e. The number of halogens is 2. The van der Waals surface area contributed by atoms with Crippen molar-refractivity contribution in [2.45, 2.75) is 37.8 Å². The van der Waals surface area contributed by atoms with Gasteiger partial charge in [0.2, 0.25) is 0 Å². The van der Waals surface area contributed by atoms with Gasteiger partial charge in [-0.25, -0.2) is 0 Å². The van der Waals surface area contributed by atoms with Crippen molar-refractivity contribution in [3.8, 4) is 0 Å². The average molecular weight is 328 g/mol. The molecule has 4 aliphatic carbocycles. The molecule has 0 aromatic heterocycles. The van der Waals surface area contributed by atoms with Crippen LogP contribution in [0.2, 0.25) is 0 Å². The third-order valence-electron chi connectivity index (χ3n) is 4.60. The fraction of sp³-hybridized carbons (Fsp3) is 1.00. The zero-order valence-corrected chi connectivity index (χ0v) is 11.7. The van der Waals surface area contributed by atoms with Crippen molar-refractivity contribution in [1.29, 1.82) is 0 Å². The Balaban J connectivity index is 0.000000490. The molecule has 14 heavy (non-hydrogen) atoms. The van der Waals surface area contributed by atoms with Crippen LogP contribution in [-0.4, -0.2) is 12.1 Å². The molecule has 4 fully saturated rings.